The number of carbonyl (C=O) groups is 1. The Morgan fingerprint density at radius 1 is 1.33 bits per heavy atom. The van der Waals surface area contributed by atoms with Gasteiger partial charge in [0.1, 0.15) is 0 Å². The van der Waals surface area contributed by atoms with E-state index in [-0.39, 0.29) is 5.91 Å². The highest BCUT2D eigenvalue weighted by molar-refractivity contribution is 5.91. The average Bonchev–Trinajstić information content (AvgIpc) is 3.14. The van der Waals surface area contributed by atoms with E-state index in [9.17, 15) is 4.79 Å². The van der Waals surface area contributed by atoms with Crippen molar-refractivity contribution in [3.8, 4) is 0 Å². The molecular weight excluding hydrogens is 306 g/mol. The Kier molecular flexibility index (Phi) is 7.61. The van der Waals surface area contributed by atoms with Gasteiger partial charge >= 0.3 is 0 Å². The van der Waals surface area contributed by atoms with Crippen molar-refractivity contribution in [2.24, 2.45) is 4.99 Å². The van der Waals surface area contributed by atoms with Crippen molar-refractivity contribution in [2.75, 3.05) is 39.8 Å². The molecule has 0 atom stereocenters. The summed E-state index contributed by atoms with van der Waals surface area (Å²) in [5.74, 6) is 0.917. The molecule has 1 fully saturated rings. The van der Waals surface area contributed by atoms with Crippen LogP contribution in [0.25, 0.3) is 0 Å². The third kappa shape index (κ3) is 5.88. The molecule has 3 N–H and O–H groups in total. The van der Waals surface area contributed by atoms with Crippen LogP contribution in [-0.4, -0.2) is 62.6 Å². The van der Waals surface area contributed by atoms with E-state index < -0.39 is 0 Å². The number of carbonyl (C=O) groups excluding carboxylic acids is 1. The van der Waals surface area contributed by atoms with Gasteiger partial charge in [0, 0.05) is 39.3 Å². The van der Waals surface area contributed by atoms with Gasteiger partial charge in [0.2, 0.25) is 0 Å². The van der Waals surface area contributed by atoms with Crippen molar-refractivity contribution < 1.29 is 9.21 Å². The number of guanidine groups is 1. The van der Waals surface area contributed by atoms with Crippen molar-refractivity contribution >= 4 is 11.9 Å². The summed E-state index contributed by atoms with van der Waals surface area (Å²) in [4.78, 5) is 18.5. The van der Waals surface area contributed by atoms with Crippen LogP contribution < -0.4 is 16.0 Å². The average molecular weight is 335 g/mol. The highest BCUT2D eigenvalue weighted by Crippen LogP contribution is 2.10. The summed E-state index contributed by atoms with van der Waals surface area (Å²) in [5.41, 5.74) is 0. The fraction of sp³-hybridized carbons (Fsp3) is 0.647. The van der Waals surface area contributed by atoms with E-state index in [2.05, 4.69) is 32.8 Å². The molecule has 1 aliphatic rings. The molecular formula is C17H29N5O2. The van der Waals surface area contributed by atoms with Crippen LogP contribution in [0.2, 0.25) is 0 Å². The quantitative estimate of drug-likeness (QED) is 0.394. The van der Waals surface area contributed by atoms with Crippen molar-refractivity contribution in [2.45, 2.75) is 32.2 Å². The summed E-state index contributed by atoms with van der Waals surface area (Å²) in [6.45, 7) is 6.81. The van der Waals surface area contributed by atoms with E-state index in [1.807, 2.05) is 0 Å². The summed E-state index contributed by atoms with van der Waals surface area (Å²) in [6, 6.07) is 3.81. The van der Waals surface area contributed by atoms with Crippen molar-refractivity contribution in [3.05, 3.63) is 24.2 Å². The summed E-state index contributed by atoms with van der Waals surface area (Å²) >= 11 is 0. The zero-order valence-corrected chi connectivity index (χ0v) is 14.7. The van der Waals surface area contributed by atoms with Gasteiger partial charge in [-0.25, -0.2) is 0 Å². The van der Waals surface area contributed by atoms with Crippen LogP contribution in [0, 0.1) is 0 Å². The van der Waals surface area contributed by atoms with Crippen LogP contribution in [-0.2, 0) is 0 Å². The van der Waals surface area contributed by atoms with E-state index in [0.717, 1.165) is 31.9 Å². The Labute approximate surface area is 143 Å². The molecule has 0 unspecified atom stereocenters. The maximum absolute atomic E-state index is 11.7. The first kappa shape index (κ1) is 18.3. The van der Waals surface area contributed by atoms with E-state index in [1.165, 1.54) is 19.2 Å². The number of aliphatic imine (C=N–C) groups is 1. The fourth-order valence-corrected chi connectivity index (χ4v) is 2.86. The third-order valence-corrected chi connectivity index (χ3v) is 4.14. The first-order valence-electron chi connectivity index (χ1n) is 8.74. The molecule has 0 saturated carbocycles. The maximum atomic E-state index is 11.7. The van der Waals surface area contributed by atoms with Gasteiger partial charge in [-0.05, 0) is 37.9 Å². The molecule has 1 aromatic rings. The second kappa shape index (κ2) is 9.97. The lowest BCUT2D eigenvalue weighted by Crippen LogP contribution is -2.49. The minimum Gasteiger partial charge on any atom is -0.459 e. The Morgan fingerprint density at radius 2 is 2.08 bits per heavy atom. The van der Waals surface area contributed by atoms with Crippen LogP contribution in [0.4, 0.5) is 0 Å². The Hall–Kier alpha value is -2.02. The molecule has 1 aromatic heterocycles. The van der Waals surface area contributed by atoms with Crippen LogP contribution in [0.15, 0.2) is 27.8 Å². The third-order valence-electron chi connectivity index (χ3n) is 4.14. The Bertz CT molecular complexity index is 507. The van der Waals surface area contributed by atoms with Gasteiger partial charge in [-0.1, -0.05) is 6.92 Å². The first-order chi connectivity index (χ1) is 11.7. The fourth-order valence-electron chi connectivity index (χ4n) is 2.86. The number of nitrogens with zero attached hydrogens (tertiary/aromatic N) is 2. The smallest absolute Gasteiger partial charge is 0.287 e. The number of rotatable bonds is 7. The number of amides is 1. The second-order valence-electron chi connectivity index (χ2n) is 5.99. The molecule has 24 heavy (non-hydrogen) atoms. The molecule has 7 nitrogen and oxygen atoms in total. The topological polar surface area (TPSA) is 81.9 Å². The van der Waals surface area contributed by atoms with Gasteiger partial charge < -0.3 is 25.3 Å². The molecule has 1 aliphatic heterocycles. The standard InChI is InChI=1S/C17H29N5O2/c1-3-10-22-11-6-14(7-12-22)21-17(18-2)20-9-8-19-16(23)15-5-4-13-24-15/h4-5,13-14H,3,6-12H2,1-2H3,(H,19,23)(H2,18,20,21). The summed E-state index contributed by atoms with van der Waals surface area (Å²) < 4.78 is 5.05. The number of piperidine rings is 1. The second-order valence-corrected chi connectivity index (χ2v) is 5.99. The number of furan rings is 1. The number of nitrogens with one attached hydrogen (secondary N) is 3. The molecule has 1 amide bonds. The SMILES string of the molecule is CCCN1CCC(NC(=NC)NCCNC(=O)c2ccco2)CC1. The Balaban J connectivity index is 1.62. The van der Waals surface area contributed by atoms with E-state index >= 15 is 0 Å². The zero-order valence-electron chi connectivity index (χ0n) is 14.7. The summed E-state index contributed by atoms with van der Waals surface area (Å²) in [7, 11) is 1.77. The highest BCUT2D eigenvalue weighted by atomic mass is 16.3. The van der Waals surface area contributed by atoms with Crippen molar-refractivity contribution in [3.63, 3.8) is 0 Å². The van der Waals surface area contributed by atoms with Gasteiger partial charge in [0.05, 0.1) is 6.26 Å². The summed E-state index contributed by atoms with van der Waals surface area (Å²) in [5, 5.41) is 9.50. The normalized spacial score (nSPS) is 16.8. The van der Waals surface area contributed by atoms with Gasteiger partial charge in [-0.2, -0.15) is 0 Å². The van der Waals surface area contributed by atoms with Crippen LogP contribution in [0.3, 0.4) is 0 Å². The number of hydrogen-bond donors (Lipinski definition) is 3. The molecule has 2 heterocycles. The molecule has 0 radical (unpaired) electrons. The van der Waals surface area contributed by atoms with E-state index in [1.54, 1.807) is 19.2 Å². The lowest BCUT2D eigenvalue weighted by Gasteiger charge is -2.32. The first-order valence-corrected chi connectivity index (χ1v) is 8.74. The van der Waals surface area contributed by atoms with Crippen LogP contribution in [0.5, 0.6) is 0 Å². The highest BCUT2D eigenvalue weighted by Gasteiger charge is 2.19. The lowest BCUT2D eigenvalue weighted by molar-refractivity contribution is 0.0926. The van der Waals surface area contributed by atoms with Gasteiger partial charge in [-0.3, -0.25) is 9.79 Å². The van der Waals surface area contributed by atoms with Gasteiger partial charge in [0.25, 0.3) is 5.91 Å². The minimum atomic E-state index is -0.201. The predicted octanol–water partition coefficient (Wildman–Crippen LogP) is 1.05. The van der Waals surface area contributed by atoms with Gasteiger partial charge in [-0.15, -0.1) is 0 Å². The lowest BCUT2D eigenvalue weighted by atomic mass is 10.1. The summed E-state index contributed by atoms with van der Waals surface area (Å²) in [6.07, 6.45) is 4.97. The molecule has 0 aliphatic carbocycles. The van der Waals surface area contributed by atoms with Crippen LogP contribution >= 0.6 is 0 Å². The maximum Gasteiger partial charge on any atom is 0.287 e. The number of hydrogen-bond acceptors (Lipinski definition) is 4. The molecule has 0 aromatic carbocycles. The molecule has 7 heteroatoms. The molecule has 0 spiro atoms. The van der Waals surface area contributed by atoms with Crippen molar-refractivity contribution in [1.82, 2.24) is 20.9 Å². The van der Waals surface area contributed by atoms with Gasteiger partial charge in [0.15, 0.2) is 11.7 Å². The Morgan fingerprint density at radius 3 is 2.71 bits per heavy atom. The van der Waals surface area contributed by atoms with Crippen LogP contribution in [0.1, 0.15) is 36.7 Å². The molecule has 134 valence electrons. The largest absolute Gasteiger partial charge is 0.459 e. The molecule has 0 bridgehead atoms. The van der Waals surface area contributed by atoms with E-state index in [0.29, 0.717) is 24.9 Å². The van der Waals surface area contributed by atoms with E-state index in [4.69, 9.17) is 4.42 Å². The predicted molar refractivity (Wildman–Crippen MR) is 95.3 cm³/mol. The molecule has 1 saturated heterocycles. The minimum absolute atomic E-state index is 0.201. The zero-order chi connectivity index (χ0) is 17.2. The number of likely N-dealkylation sites (tertiary alicyclic amines) is 1. The van der Waals surface area contributed by atoms with Crippen molar-refractivity contribution in [1.29, 1.82) is 0 Å². The molecule has 2 rings (SSSR count). The monoisotopic (exact) mass is 335 g/mol.